The molecule has 78 valence electrons. The third-order valence-electron chi connectivity index (χ3n) is 3.08. The van der Waals surface area contributed by atoms with E-state index in [4.69, 9.17) is 4.42 Å². The molecular formula is C12H19NO. The van der Waals surface area contributed by atoms with Gasteiger partial charge in [0.1, 0.15) is 5.76 Å². The molecule has 14 heavy (non-hydrogen) atoms. The minimum absolute atomic E-state index is 0.513. The van der Waals surface area contributed by atoms with Gasteiger partial charge in [0, 0.05) is 6.04 Å². The molecule has 1 aliphatic heterocycles. The predicted octanol–water partition coefficient (Wildman–Crippen LogP) is 3.22. The summed E-state index contributed by atoms with van der Waals surface area (Å²) in [6, 6.07) is 5.22. The molecule has 2 heteroatoms. The van der Waals surface area contributed by atoms with Gasteiger partial charge >= 0.3 is 0 Å². The molecule has 0 bridgehead atoms. The SMILES string of the molecule is CC(C)N1CCCC[C@H]1c1ccco1. The van der Waals surface area contributed by atoms with E-state index in [1.807, 2.05) is 6.07 Å². The highest BCUT2D eigenvalue weighted by Gasteiger charge is 2.27. The fraction of sp³-hybridized carbons (Fsp3) is 0.667. The Balaban J connectivity index is 2.14. The van der Waals surface area contributed by atoms with E-state index in [0.29, 0.717) is 12.1 Å². The van der Waals surface area contributed by atoms with E-state index >= 15 is 0 Å². The summed E-state index contributed by atoms with van der Waals surface area (Å²) in [4.78, 5) is 2.54. The highest BCUT2D eigenvalue weighted by molar-refractivity contribution is 5.06. The molecule has 0 unspecified atom stereocenters. The van der Waals surface area contributed by atoms with Crippen LogP contribution in [-0.2, 0) is 0 Å². The maximum Gasteiger partial charge on any atom is 0.120 e. The molecule has 0 saturated carbocycles. The van der Waals surface area contributed by atoms with Gasteiger partial charge in [-0.25, -0.2) is 0 Å². The van der Waals surface area contributed by atoms with Crippen molar-refractivity contribution in [3.8, 4) is 0 Å². The minimum Gasteiger partial charge on any atom is -0.468 e. The molecule has 0 aliphatic carbocycles. The summed E-state index contributed by atoms with van der Waals surface area (Å²) in [6.07, 6.45) is 5.68. The molecule has 2 nitrogen and oxygen atoms in total. The summed E-state index contributed by atoms with van der Waals surface area (Å²) < 4.78 is 5.51. The fourth-order valence-electron chi connectivity index (χ4n) is 2.36. The zero-order chi connectivity index (χ0) is 9.97. The van der Waals surface area contributed by atoms with E-state index in [2.05, 4.69) is 24.8 Å². The Morgan fingerprint density at radius 1 is 1.43 bits per heavy atom. The highest BCUT2D eigenvalue weighted by Crippen LogP contribution is 2.32. The van der Waals surface area contributed by atoms with Gasteiger partial charge in [0.25, 0.3) is 0 Å². The fourth-order valence-corrected chi connectivity index (χ4v) is 2.36. The summed E-state index contributed by atoms with van der Waals surface area (Å²) in [5.74, 6) is 1.14. The van der Waals surface area contributed by atoms with Crippen LogP contribution < -0.4 is 0 Å². The Labute approximate surface area is 85.9 Å². The molecule has 1 aliphatic rings. The summed E-state index contributed by atoms with van der Waals surface area (Å²) >= 11 is 0. The van der Waals surface area contributed by atoms with Crippen LogP contribution >= 0.6 is 0 Å². The first-order chi connectivity index (χ1) is 6.79. The van der Waals surface area contributed by atoms with Gasteiger partial charge in [0.15, 0.2) is 0 Å². The molecule has 1 fully saturated rings. The molecule has 0 radical (unpaired) electrons. The lowest BCUT2D eigenvalue weighted by Gasteiger charge is -2.37. The molecule has 1 aromatic heterocycles. The lowest BCUT2D eigenvalue weighted by molar-refractivity contribution is 0.0963. The third kappa shape index (κ3) is 1.85. The van der Waals surface area contributed by atoms with Crippen molar-refractivity contribution < 1.29 is 4.42 Å². The predicted molar refractivity (Wildman–Crippen MR) is 57.1 cm³/mol. The second-order valence-corrected chi connectivity index (χ2v) is 4.36. The Morgan fingerprint density at radius 2 is 2.29 bits per heavy atom. The molecule has 0 N–H and O–H groups in total. The maximum absolute atomic E-state index is 5.51. The summed E-state index contributed by atoms with van der Waals surface area (Å²) in [6.45, 7) is 5.74. The normalized spacial score (nSPS) is 24.4. The van der Waals surface area contributed by atoms with Crippen molar-refractivity contribution in [1.82, 2.24) is 4.90 Å². The Morgan fingerprint density at radius 3 is 2.93 bits per heavy atom. The van der Waals surface area contributed by atoms with Crippen LogP contribution in [0.2, 0.25) is 0 Å². The van der Waals surface area contributed by atoms with Crippen molar-refractivity contribution in [1.29, 1.82) is 0 Å². The van der Waals surface area contributed by atoms with Gasteiger partial charge < -0.3 is 4.42 Å². The van der Waals surface area contributed by atoms with Crippen molar-refractivity contribution in [2.45, 2.75) is 45.2 Å². The van der Waals surface area contributed by atoms with Crippen molar-refractivity contribution in [3.63, 3.8) is 0 Å². The molecule has 1 aromatic rings. The average Bonchev–Trinajstić information content (AvgIpc) is 2.70. The number of nitrogens with zero attached hydrogens (tertiary/aromatic N) is 1. The van der Waals surface area contributed by atoms with Crippen LogP contribution in [0.4, 0.5) is 0 Å². The first-order valence-corrected chi connectivity index (χ1v) is 5.58. The lowest BCUT2D eigenvalue weighted by atomic mass is 9.98. The second kappa shape index (κ2) is 4.18. The average molecular weight is 193 g/mol. The van der Waals surface area contributed by atoms with E-state index in [9.17, 15) is 0 Å². The molecule has 0 aromatic carbocycles. The van der Waals surface area contributed by atoms with E-state index in [1.54, 1.807) is 6.26 Å². The first kappa shape index (κ1) is 9.78. The van der Waals surface area contributed by atoms with Gasteiger partial charge in [-0.3, -0.25) is 4.90 Å². The van der Waals surface area contributed by atoms with Crippen molar-refractivity contribution in [2.75, 3.05) is 6.54 Å². The van der Waals surface area contributed by atoms with Crippen LogP contribution in [0.3, 0.4) is 0 Å². The number of hydrogen-bond donors (Lipinski definition) is 0. The zero-order valence-electron chi connectivity index (χ0n) is 9.07. The molecular weight excluding hydrogens is 174 g/mol. The van der Waals surface area contributed by atoms with E-state index in [0.717, 1.165) is 5.76 Å². The summed E-state index contributed by atoms with van der Waals surface area (Å²) in [5.41, 5.74) is 0. The Kier molecular flexibility index (Phi) is 2.92. The minimum atomic E-state index is 0.513. The second-order valence-electron chi connectivity index (χ2n) is 4.36. The summed E-state index contributed by atoms with van der Waals surface area (Å²) in [5, 5.41) is 0. The van der Waals surface area contributed by atoms with Crippen LogP contribution in [-0.4, -0.2) is 17.5 Å². The van der Waals surface area contributed by atoms with Crippen LogP contribution in [0.25, 0.3) is 0 Å². The van der Waals surface area contributed by atoms with Gasteiger partial charge in [-0.1, -0.05) is 6.42 Å². The standard InChI is InChI=1S/C12H19NO/c1-10(2)13-8-4-3-6-11(13)12-7-5-9-14-12/h5,7,9-11H,3-4,6,8H2,1-2H3/t11-/m0/s1. The third-order valence-corrected chi connectivity index (χ3v) is 3.08. The molecule has 0 spiro atoms. The van der Waals surface area contributed by atoms with Gasteiger partial charge in [-0.05, 0) is 45.4 Å². The number of likely N-dealkylation sites (tertiary alicyclic amines) is 1. The Bertz CT molecular complexity index is 266. The van der Waals surface area contributed by atoms with E-state index in [1.165, 1.54) is 25.8 Å². The van der Waals surface area contributed by atoms with Crippen LogP contribution in [0.5, 0.6) is 0 Å². The maximum atomic E-state index is 5.51. The Hall–Kier alpha value is -0.760. The summed E-state index contributed by atoms with van der Waals surface area (Å²) in [7, 11) is 0. The van der Waals surface area contributed by atoms with Crippen LogP contribution in [0, 0.1) is 0 Å². The van der Waals surface area contributed by atoms with Gasteiger partial charge in [0.05, 0.1) is 12.3 Å². The van der Waals surface area contributed by atoms with Crippen LogP contribution in [0.1, 0.15) is 44.9 Å². The number of furan rings is 1. The van der Waals surface area contributed by atoms with Gasteiger partial charge in [0.2, 0.25) is 0 Å². The van der Waals surface area contributed by atoms with Gasteiger partial charge in [-0.15, -0.1) is 0 Å². The lowest BCUT2D eigenvalue weighted by Crippen LogP contribution is -2.38. The van der Waals surface area contributed by atoms with Crippen molar-refractivity contribution in [2.24, 2.45) is 0 Å². The quantitative estimate of drug-likeness (QED) is 0.717. The molecule has 0 amide bonds. The number of rotatable bonds is 2. The number of hydrogen-bond acceptors (Lipinski definition) is 2. The number of piperidine rings is 1. The van der Waals surface area contributed by atoms with Crippen LogP contribution in [0.15, 0.2) is 22.8 Å². The molecule has 1 saturated heterocycles. The van der Waals surface area contributed by atoms with E-state index in [-0.39, 0.29) is 0 Å². The molecule has 2 heterocycles. The van der Waals surface area contributed by atoms with Crippen molar-refractivity contribution in [3.05, 3.63) is 24.2 Å². The molecule has 1 atom stereocenters. The van der Waals surface area contributed by atoms with Gasteiger partial charge in [-0.2, -0.15) is 0 Å². The monoisotopic (exact) mass is 193 g/mol. The smallest absolute Gasteiger partial charge is 0.120 e. The first-order valence-electron chi connectivity index (χ1n) is 5.58. The largest absolute Gasteiger partial charge is 0.468 e. The van der Waals surface area contributed by atoms with E-state index < -0.39 is 0 Å². The zero-order valence-corrected chi connectivity index (χ0v) is 9.07. The molecule has 2 rings (SSSR count). The highest BCUT2D eigenvalue weighted by atomic mass is 16.3. The van der Waals surface area contributed by atoms with Crippen molar-refractivity contribution >= 4 is 0 Å². The topological polar surface area (TPSA) is 16.4 Å².